The summed E-state index contributed by atoms with van der Waals surface area (Å²) < 4.78 is 1.67. The lowest BCUT2D eigenvalue weighted by Gasteiger charge is -2.40. The van der Waals surface area contributed by atoms with Crippen molar-refractivity contribution in [3.05, 3.63) is 36.5 Å². The smallest absolute Gasteiger partial charge is 0.272 e. The Morgan fingerprint density at radius 2 is 2.00 bits per heavy atom. The van der Waals surface area contributed by atoms with Crippen LogP contribution in [0.3, 0.4) is 0 Å². The fraction of sp³-hybridized carbons (Fsp3) is 0.438. The number of piperidine rings is 1. The molecule has 1 aliphatic rings. The topological polar surface area (TPSA) is 105 Å². The minimum Gasteiger partial charge on any atom is -0.357 e. The van der Waals surface area contributed by atoms with E-state index in [9.17, 15) is 9.59 Å². The first-order chi connectivity index (χ1) is 12.0. The number of amides is 2. The number of likely N-dealkylation sites (N-methyl/N-ethyl adjacent to an activating group) is 1. The highest BCUT2D eigenvalue weighted by atomic mass is 16.2. The fourth-order valence-electron chi connectivity index (χ4n) is 3.05. The van der Waals surface area contributed by atoms with Gasteiger partial charge in [0.2, 0.25) is 5.91 Å². The van der Waals surface area contributed by atoms with E-state index >= 15 is 0 Å². The Kier molecular flexibility index (Phi) is 4.64. The summed E-state index contributed by atoms with van der Waals surface area (Å²) in [6, 6.07) is 3.41. The standard InChI is InChI=1S/C16H21N7O2/c1-17-15(25)16(20-13-4-8-22(2)21-13)5-9-23(10-6-16)14(24)12-3-7-18-11-19-12/h3-4,7-8,11H,5-6,9-10H2,1-2H3,(H,17,25)(H,20,21). The molecule has 1 saturated heterocycles. The predicted molar refractivity (Wildman–Crippen MR) is 90.8 cm³/mol. The molecule has 0 radical (unpaired) electrons. The van der Waals surface area contributed by atoms with Gasteiger partial charge in [0.05, 0.1) is 0 Å². The molecule has 2 N–H and O–H groups in total. The first kappa shape index (κ1) is 16.9. The number of carbonyl (C=O) groups excluding carboxylic acids is 2. The summed E-state index contributed by atoms with van der Waals surface area (Å²) >= 11 is 0. The van der Waals surface area contributed by atoms with E-state index in [-0.39, 0.29) is 11.8 Å². The van der Waals surface area contributed by atoms with Crippen LogP contribution in [-0.2, 0) is 11.8 Å². The molecule has 2 amide bonds. The highest BCUT2D eigenvalue weighted by molar-refractivity contribution is 5.93. The molecule has 0 atom stereocenters. The molecular formula is C16H21N7O2. The number of nitrogens with one attached hydrogen (secondary N) is 2. The average Bonchev–Trinajstić information content (AvgIpc) is 3.06. The summed E-state index contributed by atoms with van der Waals surface area (Å²) in [6.07, 6.45) is 5.68. The summed E-state index contributed by atoms with van der Waals surface area (Å²) in [5.74, 6) is 0.389. The largest absolute Gasteiger partial charge is 0.357 e. The molecule has 0 spiro atoms. The van der Waals surface area contributed by atoms with E-state index < -0.39 is 5.54 Å². The van der Waals surface area contributed by atoms with E-state index in [1.54, 1.807) is 28.9 Å². The van der Waals surface area contributed by atoms with Crippen LogP contribution < -0.4 is 10.6 Å². The van der Waals surface area contributed by atoms with Gasteiger partial charge in [-0.2, -0.15) is 5.10 Å². The normalized spacial score (nSPS) is 16.3. The van der Waals surface area contributed by atoms with E-state index in [4.69, 9.17) is 0 Å². The minimum atomic E-state index is -0.786. The van der Waals surface area contributed by atoms with Gasteiger partial charge in [0.1, 0.15) is 23.4 Å². The van der Waals surface area contributed by atoms with Gasteiger partial charge in [0.25, 0.3) is 5.91 Å². The number of aromatic nitrogens is 4. The van der Waals surface area contributed by atoms with Crippen LogP contribution in [0.4, 0.5) is 5.82 Å². The maximum Gasteiger partial charge on any atom is 0.272 e. The van der Waals surface area contributed by atoms with Crippen molar-refractivity contribution in [2.24, 2.45) is 7.05 Å². The summed E-state index contributed by atoms with van der Waals surface area (Å²) in [4.78, 5) is 34.6. The van der Waals surface area contributed by atoms with Crippen molar-refractivity contribution in [2.45, 2.75) is 18.4 Å². The molecule has 25 heavy (non-hydrogen) atoms. The third kappa shape index (κ3) is 3.44. The Bertz CT molecular complexity index is 751. The van der Waals surface area contributed by atoms with Crippen LogP contribution in [0.15, 0.2) is 30.9 Å². The number of nitrogens with zero attached hydrogens (tertiary/aromatic N) is 5. The van der Waals surface area contributed by atoms with Gasteiger partial charge in [0, 0.05) is 45.6 Å². The Morgan fingerprint density at radius 1 is 1.24 bits per heavy atom. The third-order valence-electron chi connectivity index (χ3n) is 4.45. The number of rotatable bonds is 4. The second-order valence-electron chi connectivity index (χ2n) is 6.05. The first-order valence-corrected chi connectivity index (χ1v) is 8.09. The quantitative estimate of drug-likeness (QED) is 0.812. The van der Waals surface area contributed by atoms with Gasteiger partial charge in [0.15, 0.2) is 0 Å². The molecule has 9 nitrogen and oxygen atoms in total. The lowest BCUT2D eigenvalue weighted by molar-refractivity contribution is -0.126. The van der Waals surface area contributed by atoms with Crippen molar-refractivity contribution < 1.29 is 9.59 Å². The van der Waals surface area contributed by atoms with Gasteiger partial charge >= 0.3 is 0 Å². The average molecular weight is 343 g/mol. The van der Waals surface area contributed by atoms with Crippen molar-refractivity contribution in [2.75, 3.05) is 25.5 Å². The minimum absolute atomic E-state index is 0.104. The van der Waals surface area contributed by atoms with Gasteiger partial charge in [-0.05, 0) is 18.9 Å². The van der Waals surface area contributed by atoms with Crippen LogP contribution in [0.1, 0.15) is 23.3 Å². The van der Waals surface area contributed by atoms with E-state index in [0.29, 0.717) is 37.4 Å². The van der Waals surface area contributed by atoms with Crippen LogP contribution in [0.25, 0.3) is 0 Å². The van der Waals surface area contributed by atoms with E-state index in [2.05, 4.69) is 25.7 Å². The fourth-order valence-corrected chi connectivity index (χ4v) is 3.05. The number of likely N-dealkylation sites (tertiary alicyclic amines) is 1. The molecular weight excluding hydrogens is 322 g/mol. The molecule has 0 saturated carbocycles. The van der Waals surface area contributed by atoms with E-state index in [1.165, 1.54) is 6.33 Å². The number of carbonyl (C=O) groups is 2. The molecule has 3 rings (SSSR count). The predicted octanol–water partition coefficient (Wildman–Crippen LogP) is 0.0430. The van der Waals surface area contributed by atoms with Crippen molar-refractivity contribution in [3.8, 4) is 0 Å². The Hall–Kier alpha value is -2.97. The zero-order chi connectivity index (χ0) is 17.9. The number of hydrogen-bond donors (Lipinski definition) is 2. The molecule has 3 heterocycles. The molecule has 0 aliphatic carbocycles. The highest BCUT2D eigenvalue weighted by Gasteiger charge is 2.42. The summed E-state index contributed by atoms with van der Waals surface area (Å²) in [7, 11) is 3.43. The van der Waals surface area contributed by atoms with Crippen LogP contribution >= 0.6 is 0 Å². The molecule has 1 fully saturated rings. The third-order valence-corrected chi connectivity index (χ3v) is 4.45. The Morgan fingerprint density at radius 3 is 2.56 bits per heavy atom. The first-order valence-electron chi connectivity index (χ1n) is 8.09. The Balaban J connectivity index is 1.73. The van der Waals surface area contributed by atoms with Crippen molar-refractivity contribution in [1.82, 2.24) is 30.0 Å². The molecule has 2 aromatic rings. The van der Waals surface area contributed by atoms with Gasteiger partial charge in [-0.1, -0.05) is 0 Å². The molecule has 9 heteroatoms. The molecule has 0 bridgehead atoms. The SMILES string of the molecule is CNC(=O)C1(Nc2ccn(C)n2)CCN(C(=O)c2ccncn2)CC1. The van der Waals surface area contributed by atoms with Gasteiger partial charge in [-0.15, -0.1) is 0 Å². The van der Waals surface area contributed by atoms with Crippen LogP contribution in [-0.4, -0.2) is 62.1 Å². The zero-order valence-electron chi connectivity index (χ0n) is 14.3. The lowest BCUT2D eigenvalue weighted by Crippen LogP contribution is -2.58. The van der Waals surface area contributed by atoms with Gasteiger partial charge in [-0.25, -0.2) is 9.97 Å². The monoisotopic (exact) mass is 343 g/mol. The summed E-state index contributed by atoms with van der Waals surface area (Å²) in [6.45, 7) is 0.909. The number of aryl methyl sites for hydroxylation is 1. The maximum atomic E-state index is 12.5. The maximum absolute atomic E-state index is 12.5. The van der Waals surface area contributed by atoms with Crippen LogP contribution in [0, 0.1) is 0 Å². The van der Waals surface area contributed by atoms with Crippen LogP contribution in [0.2, 0.25) is 0 Å². The van der Waals surface area contributed by atoms with E-state index in [0.717, 1.165) is 0 Å². The molecule has 0 unspecified atom stereocenters. The molecule has 132 valence electrons. The van der Waals surface area contributed by atoms with Crippen molar-refractivity contribution >= 4 is 17.6 Å². The summed E-state index contributed by atoms with van der Waals surface area (Å²) in [5, 5.41) is 10.3. The number of anilines is 1. The van der Waals surface area contributed by atoms with Crippen molar-refractivity contribution in [3.63, 3.8) is 0 Å². The summed E-state index contributed by atoms with van der Waals surface area (Å²) in [5.41, 5.74) is -0.425. The lowest BCUT2D eigenvalue weighted by atomic mass is 9.86. The highest BCUT2D eigenvalue weighted by Crippen LogP contribution is 2.27. The number of hydrogen-bond acceptors (Lipinski definition) is 6. The second-order valence-corrected chi connectivity index (χ2v) is 6.05. The molecule has 0 aromatic carbocycles. The molecule has 2 aromatic heterocycles. The Labute approximate surface area is 145 Å². The zero-order valence-corrected chi connectivity index (χ0v) is 14.3. The molecule has 1 aliphatic heterocycles. The second kappa shape index (κ2) is 6.88. The van der Waals surface area contributed by atoms with E-state index in [1.807, 2.05) is 19.3 Å². The van der Waals surface area contributed by atoms with Gasteiger partial charge < -0.3 is 15.5 Å². The van der Waals surface area contributed by atoms with Gasteiger partial charge in [-0.3, -0.25) is 14.3 Å². The van der Waals surface area contributed by atoms with Crippen LogP contribution in [0.5, 0.6) is 0 Å². The van der Waals surface area contributed by atoms with Crippen molar-refractivity contribution in [1.29, 1.82) is 0 Å².